The Morgan fingerprint density at radius 3 is 1.69 bits per heavy atom. The third-order valence-electron chi connectivity index (χ3n) is 7.26. The van der Waals surface area contributed by atoms with Crippen molar-refractivity contribution in [1.82, 2.24) is 0 Å². The summed E-state index contributed by atoms with van der Waals surface area (Å²) in [6.45, 7) is 14.1. The van der Waals surface area contributed by atoms with Gasteiger partial charge in [-0.3, -0.25) is 0 Å². The normalized spacial score (nSPS) is 13.9. The van der Waals surface area contributed by atoms with E-state index in [9.17, 15) is 0 Å². The van der Waals surface area contributed by atoms with Gasteiger partial charge in [0.1, 0.15) is 0 Å². The summed E-state index contributed by atoms with van der Waals surface area (Å²) in [5.74, 6) is 1.22. The maximum atomic E-state index is 7.13. The van der Waals surface area contributed by atoms with Crippen LogP contribution in [0.3, 0.4) is 0 Å². The van der Waals surface area contributed by atoms with Gasteiger partial charge in [-0.1, -0.05) is 138 Å². The molecule has 0 heterocycles. The highest BCUT2D eigenvalue weighted by Crippen LogP contribution is 2.37. The molecule has 0 fully saturated rings. The first-order valence-corrected chi connectivity index (χ1v) is 15.6. The fourth-order valence-electron chi connectivity index (χ4n) is 5.12. The Morgan fingerprint density at radius 2 is 1.17 bits per heavy atom. The van der Waals surface area contributed by atoms with E-state index in [1.165, 1.54) is 35.2 Å². The molecule has 0 aromatic heterocycles. The van der Waals surface area contributed by atoms with Crippen molar-refractivity contribution in [3.05, 3.63) is 96.6 Å². The molecule has 0 aliphatic carbocycles. The molecule has 0 radical (unpaired) electrons. The van der Waals surface area contributed by atoms with Crippen molar-refractivity contribution in [3.8, 4) is 0 Å². The number of hydrogen-bond donors (Lipinski definition) is 0. The van der Waals surface area contributed by atoms with Crippen LogP contribution >= 0.6 is 0 Å². The second-order valence-corrected chi connectivity index (χ2v) is 15.7. The van der Waals surface area contributed by atoms with Crippen LogP contribution in [0.4, 0.5) is 0 Å². The molecule has 0 aliphatic rings. The average Bonchev–Trinajstić information content (AvgIpc) is 2.88. The van der Waals surface area contributed by atoms with E-state index in [-0.39, 0.29) is 5.04 Å². The van der Waals surface area contributed by atoms with E-state index in [4.69, 9.17) is 9.16 Å². The van der Waals surface area contributed by atoms with Crippen LogP contribution in [-0.2, 0) is 15.8 Å². The van der Waals surface area contributed by atoms with Gasteiger partial charge < -0.3 is 9.16 Å². The Balaban J connectivity index is 1.51. The zero-order chi connectivity index (χ0) is 25.9. The van der Waals surface area contributed by atoms with Crippen molar-refractivity contribution < 1.29 is 9.16 Å². The first-order valence-electron chi connectivity index (χ1n) is 13.7. The topological polar surface area (TPSA) is 18.5 Å². The highest BCUT2D eigenvalue weighted by Gasteiger charge is 2.50. The number of hydrogen-bond acceptors (Lipinski definition) is 2. The Bertz CT molecular complexity index is 943. The summed E-state index contributed by atoms with van der Waals surface area (Å²) in [6.07, 6.45) is 4.82. The van der Waals surface area contributed by atoms with E-state index in [0.29, 0.717) is 18.4 Å². The molecular formula is C33H46O2Si. The van der Waals surface area contributed by atoms with E-state index in [1.54, 1.807) is 0 Å². The Labute approximate surface area is 221 Å². The molecule has 3 aromatic carbocycles. The highest BCUT2D eigenvalue weighted by molar-refractivity contribution is 6.99. The van der Waals surface area contributed by atoms with Crippen LogP contribution < -0.4 is 10.4 Å². The number of benzene rings is 3. The lowest BCUT2D eigenvalue weighted by Crippen LogP contribution is -2.66. The fraction of sp³-hybridized carbons (Fsp3) is 0.455. The molecule has 0 saturated carbocycles. The van der Waals surface area contributed by atoms with Crippen molar-refractivity contribution in [1.29, 1.82) is 0 Å². The largest absolute Gasteiger partial charge is 0.407 e. The summed E-state index contributed by atoms with van der Waals surface area (Å²) in [6, 6.07) is 32.4. The lowest BCUT2D eigenvalue weighted by Gasteiger charge is -2.43. The van der Waals surface area contributed by atoms with E-state index in [0.717, 1.165) is 19.6 Å². The van der Waals surface area contributed by atoms with Crippen LogP contribution in [0.2, 0.25) is 5.04 Å². The predicted octanol–water partition coefficient (Wildman–Crippen LogP) is 7.61. The molecule has 0 spiro atoms. The van der Waals surface area contributed by atoms with Crippen LogP contribution in [0.15, 0.2) is 91.0 Å². The van der Waals surface area contributed by atoms with Crippen LogP contribution in [0.25, 0.3) is 0 Å². The van der Waals surface area contributed by atoms with E-state index in [2.05, 4.69) is 120 Å². The minimum absolute atomic E-state index is 0.0314. The van der Waals surface area contributed by atoms with Crippen LogP contribution in [0.5, 0.6) is 0 Å². The second-order valence-electron chi connectivity index (χ2n) is 11.4. The molecule has 2 atom stereocenters. The summed E-state index contributed by atoms with van der Waals surface area (Å²) in [5, 5.41) is 2.75. The predicted molar refractivity (Wildman–Crippen MR) is 156 cm³/mol. The number of ether oxygens (including phenoxy) is 1. The van der Waals surface area contributed by atoms with Crippen molar-refractivity contribution in [3.63, 3.8) is 0 Å². The summed E-state index contributed by atoms with van der Waals surface area (Å²) >= 11 is 0. The quantitative estimate of drug-likeness (QED) is 0.167. The first-order chi connectivity index (χ1) is 17.3. The molecule has 0 unspecified atom stereocenters. The molecule has 194 valence electrons. The highest BCUT2D eigenvalue weighted by atomic mass is 28.4. The van der Waals surface area contributed by atoms with Gasteiger partial charge in [0.2, 0.25) is 0 Å². The Hall–Kier alpha value is -2.20. The van der Waals surface area contributed by atoms with Crippen molar-refractivity contribution in [2.75, 3.05) is 13.2 Å². The zero-order valence-electron chi connectivity index (χ0n) is 23.1. The first kappa shape index (κ1) is 28.4. The van der Waals surface area contributed by atoms with Gasteiger partial charge in [0.25, 0.3) is 8.32 Å². The van der Waals surface area contributed by atoms with Crippen molar-refractivity contribution in [2.45, 2.75) is 71.9 Å². The molecule has 36 heavy (non-hydrogen) atoms. The van der Waals surface area contributed by atoms with E-state index < -0.39 is 8.32 Å². The van der Waals surface area contributed by atoms with Gasteiger partial charge in [0, 0.05) is 13.2 Å². The van der Waals surface area contributed by atoms with Crippen molar-refractivity contribution >= 4 is 18.7 Å². The minimum atomic E-state index is -2.44. The van der Waals surface area contributed by atoms with E-state index >= 15 is 0 Å². The molecular weight excluding hydrogens is 456 g/mol. The van der Waals surface area contributed by atoms with Crippen LogP contribution in [-0.4, -0.2) is 21.5 Å². The number of rotatable bonds is 14. The van der Waals surface area contributed by atoms with Gasteiger partial charge in [-0.2, -0.15) is 0 Å². The molecule has 3 heteroatoms. The monoisotopic (exact) mass is 502 g/mol. The third kappa shape index (κ3) is 7.90. The molecule has 3 rings (SSSR count). The Morgan fingerprint density at radius 1 is 0.667 bits per heavy atom. The smallest absolute Gasteiger partial charge is 0.261 e. The molecule has 0 amide bonds. The average molecular weight is 503 g/mol. The summed E-state index contributed by atoms with van der Waals surface area (Å²) in [5.41, 5.74) is 1.25. The van der Waals surface area contributed by atoms with Crippen LogP contribution in [0, 0.1) is 11.8 Å². The van der Waals surface area contributed by atoms with Gasteiger partial charge in [-0.05, 0) is 45.7 Å². The minimum Gasteiger partial charge on any atom is -0.407 e. The summed E-state index contributed by atoms with van der Waals surface area (Å²) in [4.78, 5) is 0. The van der Waals surface area contributed by atoms with Gasteiger partial charge in [-0.25, -0.2) is 0 Å². The molecule has 2 nitrogen and oxygen atoms in total. The van der Waals surface area contributed by atoms with Gasteiger partial charge in [-0.15, -0.1) is 0 Å². The summed E-state index contributed by atoms with van der Waals surface area (Å²) < 4.78 is 13.0. The van der Waals surface area contributed by atoms with Gasteiger partial charge >= 0.3 is 0 Å². The van der Waals surface area contributed by atoms with Crippen molar-refractivity contribution in [2.24, 2.45) is 11.8 Å². The Kier molecular flexibility index (Phi) is 11.0. The van der Waals surface area contributed by atoms with Crippen LogP contribution in [0.1, 0.15) is 65.9 Å². The fourth-order valence-corrected chi connectivity index (χ4v) is 9.81. The molecule has 0 aliphatic heterocycles. The standard InChI is InChI=1S/C33H46O2Si/c1-28(24-25-34-27-30-18-9-6-10-19-30)16-15-17-29(2)26-35-36(33(3,4)5,31-20-11-7-12-21-31)32-22-13-8-14-23-32/h6-14,18-23,28-29H,15-17,24-27H2,1-5H3/t28-,29-/m0/s1. The molecule has 0 bridgehead atoms. The SMILES string of the molecule is C[C@@H](CCC[C@H](C)CO[Si](c1ccccc1)(c1ccccc1)C(C)(C)C)CCOCc1ccccc1. The maximum Gasteiger partial charge on any atom is 0.261 e. The molecule has 0 saturated heterocycles. The lowest BCUT2D eigenvalue weighted by atomic mass is 9.97. The van der Waals surface area contributed by atoms with Gasteiger partial charge in [0.05, 0.1) is 6.61 Å². The molecule has 0 N–H and O–H groups in total. The summed E-state index contributed by atoms with van der Waals surface area (Å²) in [7, 11) is -2.44. The maximum absolute atomic E-state index is 7.13. The zero-order valence-corrected chi connectivity index (χ0v) is 24.1. The van der Waals surface area contributed by atoms with Gasteiger partial charge in [0.15, 0.2) is 0 Å². The third-order valence-corrected chi connectivity index (χ3v) is 12.3. The van der Waals surface area contributed by atoms with E-state index in [1.807, 2.05) is 6.07 Å². The second kappa shape index (κ2) is 13.9. The molecule has 3 aromatic rings. The lowest BCUT2D eigenvalue weighted by molar-refractivity contribution is 0.107.